The van der Waals surface area contributed by atoms with Crippen molar-refractivity contribution in [2.45, 2.75) is 53.0 Å². The van der Waals surface area contributed by atoms with Crippen molar-refractivity contribution in [2.24, 2.45) is 5.92 Å². The van der Waals surface area contributed by atoms with Crippen LogP contribution in [0, 0.1) is 11.7 Å². The van der Waals surface area contributed by atoms with Crippen LogP contribution in [0.5, 0.6) is 0 Å². The average Bonchev–Trinajstić information content (AvgIpc) is 3.03. The van der Waals surface area contributed by atoms with Crippen LogP contribution < -0.4 is 16.0 Å². The number of aromatic nitrogens is 2. The molecule has 0 saturated heterocycles. The highest BCUT2D eigenvalue weighted by molar-refractivity contribution is 5.76. The number of rotatable bonds is 10. The highest BCUT2D eigenvalue weighted by Gasteiger charge is 2.27. The summed E-state index contributed by atoms with van der Waals surface area (Å²) >= 11 is 0. The third-order valence-electron chi connectivity index (χ3n) is 5.47. The molecule has 1 aliphatic carbocycles. The summed E-state index contributed by atoms with van der Waals surface area (Å²) in [7, 11) is 0. The number of hydrogen-bond donors (Lipinski definition) is 3. The predicted molar refractivity (Wildman–Crippen MR) is 123 cm³/mol. The molecule has 1 aliphatic rings. The Hall–Kier alpha value is -2.89. The molecule has 1 atom stereocenters. The minimum atomic E-state index is -0.192. The number of allylic oxidation sites excluding steroid dienone is 1. The Morgan fingerprint density at radius 3 is 2.63 bits per heavy atom. The molecule has 0 bridgehead atoms. The topological polar surface area (TPSA) is 61.9 Å². The van der Waals surface area contributed by atoms with E-state index in [2.05, 4.69) is 60.2 Å². The molecule has 0 spiro atoms. The first-order chi connectivity index (χ1) is 14.4. The van der Waals surface area contributed by atoms with E-state index in [9.17, 15) is 4.39 Å². The molecule has 2 aromatic rings. The normalized spacial score (nSPS) is 13.9. The van der Waals surface area contributed by atoms with E-state index in [1.165, 1.54) is 17.2 Å². The first kappa shape index (κ1) is 21.8. The lowest BCUT2D eigenvalue weighted by molar-refractivity contribution is 0.479. The molecule has 0 amide bonds. The van der Waals surface area contributed by atoms with E-state index in [1.807, 2.05) is 6.07 Å². The molecule has 5 nitrogen and oxygen atoms in total. The molecule has 0 fully saturated rings. The van der Waals surface area contributed by atoms with Gasteiger partial charge in [0, 0.05) is 6.54 Å². The van der Waals surface area contributed by atoms with Crippen molar-refractivity contribution in [1.29, 1.82) is 0 Å². The van der Waals surface area contributed by atoms with Gasteiger partial charge in [-0.1, -0.05) is 39.8 Å². The van der Waals surface area contributed by atoms with Crippen molar-refractivity contribution in [3.05, 3.63) is 65.5 Å². The largest absolute Gasteiger partial charge is 0.365 e. The number of benzene rings is 1. The van der Waals surface area contributed by atoms with Crippen LogP contribution in [0.1, 0.15) is 51.7 Å². The van der Waals surface area contributed by atoms with Crippen LogP contribution in [0.2, 0.25) is 0 Å². The van der Waals surface area contributed by atoms with E-state index in [4.69, 9.17) is 0 Å². The zero-order valence-electron chi connectivity index (χ0n) is 18.3. The van der Waals surface area contributed by atoms with E-state index < -0.39 is 0 Å². The molecule has 3 rings (SSSR count). The Morgan fingerprint density at radius 2 is 1.97 bits per heavy atom. The number of hydrogen-bond acceptors (Lipinski definition) is 5. The van der Waals surface area contributed by atoms with Gasteiger partial charge in [0.05, 0.1) is 29.9 Å². The van der Waals surface area contributed by atoms with Crippen molar-refractivity contribution >= 4 is 17.2 Å². The van der Waals surface area contributed by atoms with Crippen LogP contribution in [0.4, 0.5) is 16.0 Å². The predicted octanol–water partition coefficient (Wildman–Crippen LogP) is 5.35. The van der Waals surface area contributed by atoms with Crippen LogP contribution >= 0.6 is 0 Å². The summed E-state index contributed by atoms with van der Waals surface area (Å²) in [6.45, 7) is 13.6. The minimum absolute atomic E-state index is 0.0939. The summed E-state index contributed by atoms with van der Waals surface area (Å²) in [5.41, 5.74) is 5.39. The van der Waals surface area contributed by atoms with Crippen LogP contribution in [0.3, 0.4) is 0 Å². The SMILES string of the molecule is C=C(Nc1cnc(NCCCC)nc1)NC(C1=C(C)c2cc(F)ccc2C1)C(C)C. The van der Waals surface area contributed by atoms with E-state index in [1.54, 1.807) is 18.5 Å². The summed E-state index contributed by atoms with van der Waals surface area (Å²) in [6.07, 6.45) is 6.54. The van der Waals surface area contributed by atoms with Gasteiger partial charge in [0.1, 0.15) is 5.82 Å². The summed E-state index contributed by atoms with van der Waals surface area (Å²) in [5.74, 6) is 1.46. The van der Waals surface area contributed by atoms with Crippen molar-refractivity contribution in [1.82, 2.24) is 15.3 Å². The molecular formula is C24H32FN5. The number of nitrogens with zero attached hydrogens (tertiary/aromatic N) is 2. The third-order valence-corrected chi connectivity index (χ3v) is 5.47. The lowest BCUT2D eigenvalue weighted by atomic mass is 9.92. The summed E-state index contributed by atoms with van der Waals surface area (Å²) in [4.78, 5) is 8.69. The molecule has 30 heavy (non-hydrogen) atoms. The standard InChI is InChI=1S/C24H32FN5/c1-6-7-10-26-24-27-13-20(14-28-24)29-17(5)30-23(15(2)3)22-11-18-8-9-19(25)12-21(18)16(22)4/h8-9,12-15,23,29-30H,5-7,10-11H2,1-4H3,(H,26,27,28). The Bertz CT molecular complexity index is 918. The van der Waals surface area contributed by atoms with Crippen molar-refractivity contribution in [3.8, 4) is 0 Å². The van der Waals surface area contributed by atoms with Crippen molar-refractivity contribution in [2.75, 3.05) is 17.2 Å². The van der Waals surface area contributed by atoms with Gasteiger partial charge >= 0.3 is 0 Å². The maximum atomic E-state index is 13.7. The van der Waals surface area contributed by atoms with Gasteiger partial charge in [-0.15, -0.1) is 0 Å². The molecule has 0 radical (unpaired) electrons. The van der Waals surface area contributed by atoms with Crippen LogP contribution in [0.15, 0.2) is 48.6 Å². The first-order valence-electron chi connectivity index (χ1n) is 10.7. The van der Waals surface area contributed by atoms with Gasteiger partial charge in [-0.2, -0.15) is 0 Å². The first-order valence-corrected chi connectivity index (χ1v) is 10.7. The zero-order chi connectivity index (χ0) is 21.7. The number of unbranched alkanes of at least 4 members (excludes halogenated alkanes) is 1. The second kappa shape index (κ2) is 9.74. The highest BCUT2D eigenvalue weighted by Crippen LogP contribution is 2.36. The van der Waals surface area contributed by atoms with Gasteiger partial charge in [0.15, 0.2) is 0 Å². The summed E-state index contributed by atoms with van der Waals surface area (Å²) in [6, 6.07) is 5.15. The molecule has 1 heterocycles. The number of nitrogens with one attached hydrogen (secondary N) is 3. The van der Waals surface area contributed by atoms with Gasteiger partial charge in [-0.3, -0.25) is 0 Å². The molecule has 6 heteroatoms. The second-order valence-electron chi connectivity index (χ2n) is 8.17. The quantitative estimate of drug-likeness (QED) is 0.462. The van der Waals surface area contributed by atoms with E-state index in [-0.39, 0.29) is 11.9 Å². The minimum Gasteiger partial charge on any atom is -0.365 e. The highest BCUT2D eigenvalue weighted by atomic mass is 19.1. The van der Waals surface area contributed by atoms with Crippen LogP contribution in [-0.4, -0.2) is 22.6 Å². The van der Waals surface area contributed by atoms with E-state index >= 15 is 0 Å². The van der Waals surface area contributed by atoms with Crippen LogP contribution in [0.25, 0.3) is 5.57 Å². The molecule has 0 aliphatic heterocycles. The summed E-state index contributed by atoms with van der Waals surface area (Å²) in [5, 5.41) is 9.97. The number of halogens is 1. The fourth-order valence-corrected chi connectivity index (χ4v) is 3.82. The number of anilines is 2. The fourth-order valence-electron chi connectivity index (χ4n) is 3.82. The Balaban J connectivity index is 1.65. The molecule has 1 unspecified atom stereocenters. The van der Waals surface area contributed by atoms with Gasteiger partial charge in [-0.25, -0.2) is 14.4 Å². The lowest BCUT2D eigenvalue weighted by Crippen LogP contribution is -2.37. The van der Waals surface area contributed by atoms with Gasteiger partial charge in [0.2, 0.25) is 5.95 Å². The maximum Gasteiger partial charge on any atom is 0.222 e. The molecule has 0 saturated carbocycles. The Labute approximate surface area is 178 Å². The molecule has 160 valence electrons. The maximum absolute atomic E-state index is 13.7. The summed E-state index contributed by atoms with van der Waals surface area (Å²) < 4.78 is 13.7. The monoisotopic (exact) mass is 409 g/mol. The molecule has 3 N–H and O–H groups in total. The van der Waals surface area contributed by atoms with Gasteiger partial charge in [0.25, 0.3) is 0 Å². The smallest absolute Gasteiger partial charge is 0.222 e. The van der Waals surface area contributed by atoms with Crippen molar-refractivity contribution < 1.29 is 4.39 Å². The van der Waals surface area contributed by atoms with E-state index in [0.717, 1.165) is 42.6 Å². The molecule has 1 aromatic heterocycles. The second-order valence-corrected chi connectivity index (χ2v) is 8.17. The average molecular weight is 410 g/mol. The van der Waals surface area contributed by atoms with Crippen molar-refractivity contribution in [3.63, 3.8) is 0 Å². The lowest BCUT2D eigenvalue weighted by Gasteiger charge is -2.27. The molecule has 1 aromatic carbocycles. The number of fused-ring (bicyclic) bond motifs is 1. The Morgan fingerprint density at radius 1 is 1.23 bits per heavy atom. The fraction of sp³-hybridized carbons (Fsp3) is 0.417. The molecular weight excluding hydrogens is 377 g/mol. The zero-order valence-corrected chi connectivity index (χ0v) is 18.3. The van der Waals surface area contributed by atoms with Crippen LogP contribution in [-0.2, 0) is 6.42 Å². The van der Waals surface area contributed by atoms with Gasteiger partial charge < -0.3 is 16.0 Å². The third kappa shape index (κ3) is 5.17. The van der Waals surface area contributed by atoms with Gasteiger partial charge in [-0.05, 0) is 60.1 Å². The Kier molecular flexibility index (Phi) is 7.08. The van der Waals surface area contributed by atoms with E-state index in [0.29, 0.717) is 17.7 Å².